The molecule has 35 heavy (non-hydrogen) atoms. The number of Topliss-reactive ketones (excluding diaryl/α,β-unsaturated/α-hetero) is 1. The van der Waals surface area contributed by atoms with Crippen LogP contribution in [-0.2, 0) is 9.59 Å². The van der Waals surface area contributed by atoms with E-state index in [2.05, 4.69) is 9.72 Å². The fourth-order valence-corrected chi connectivity index (χ4v) is 3.94. The first-order valence-electron chi connectivity index (χ1n) is 10.3. The van der Waals surface area contributed by atoms with E-state index in [1.54, 1.807) is 37.3 Å². The number of carbonyl (C=O) groups is 2. The number of aromatic nitrogens is 1. The number of pyridine rings is 1. The number of ether oxygens (including phenoxy) is 2. The number of rotatable bonds is 5. The molecule has 2 heterocycles. The summed E-state index contributed by atoms with van der Waals surface area (Å²) in [6.07, 6.45) is -1.94. The van der Waals surface area contributed by atoms with Gasteiger partial charge in [-0.1, -0.05) is 0 Å². The molecule has 1 unspecified atom stereocenters. The van der Waals surface area contributed by atoms with Crippen LogP contribution in [0.15, 0.2) is 72.6 Å². The lowest BCUT2D eigenvalue weighted by Crippen LogP contribution is -2.29. The van der Waals surface area contributed by atoms with E-state index in [1.807, 2.05) is 0 Å². The largest absolute Gasteiger partial charge is 0.573 e. The minimum absolute atomic E-state index is 0.147. The van der Waals surface area contributed by atoms with E-state index in [0.717, 1.165) is 17.0 Å². The van der Waals surface area contributed by atoms with Gasteiger partial charge in [-0.25, -0.2) is 0 Å². The van der Waals surface area contributed by atoms with Crippen molar-refractivity contribution < 1.29 is 37.3 Å². The molecule has 1 amide bonds. The van der Waals surface area contributed by atoms with Crippen LogP contribution >= 0.6 is 0 Å². The zero-order valence-electron chi connectivity index (χ0n) is 18.5. The second-order valence-electron chi connectivity index (χ2n) is 7.67. The summed E-state index contributed by atoms with van der Waals surface area (Å²) in [5, 5.41) is 11.2. The lowest BCUT2D eigenvalue weighted by atomic mass is 9.94. The molecule has 7 nitrogen and oxygen atoms in total. The number of amides is 1. The third-order valence-corrected chi connectivity index (χ3v) is 5.50. The maximum absolute atomic E-state index is 13.2. The van der Waals surface area contributed by atoms with Gasteiger partial charge in [0, 0.05) is 23.6 Å². The molecule has 0 spiro atoms. The summed E-state index contributed by atoms with van der Waals surface area (Å²) in [4.78, 5) is 31.4. The van der Waals surface area contributed by atoms with Gasteiger partial charge < -0.3 is 14.6 Å². The molecule has 0 radical (unpaired) electrons. The van der Waals surface area contributed by atoms with Crippen molar-refractivity contribution in [3.8, 4) is 11.5 Å². The maximum atomic E-state index is 13.2. The van der Waals surface area contributed by atoms with Gasteiger partial charge in [-0.2, -0.15) is 0 Å². The molecule has 4 rings (SSSR count). The van der Waals surface area contributed by atoms with Crippen molar-refractivity contribution in [2.45, 2.75) is 19.3 Å². The van der Waals surface area contributed by atoms with E-state index < -0.39 is 29.8 Å². The third kappa shape index (κ3) is 4.68. The lowest BCUT2D eigenvalue weighted by molar-refractivity contribution is -0.274. The number of halogens is 3. The number of aliphatic hydroxyl groups is 1. The van der Waals surface area contributed by atoms with Gasteiger partial charge in [0.15, 0.2) is 0 Å². The Balaban J connectivity index is 1.85. The molecule has 1 aliphatic heterocycles. The van der Waals surface area contributed by atoms with Crippen LogP contribution in [0, 0.1) is 6.92 Å². The van der Waals surface area contributed by atoms with Crippen molar-refractivity contribution in [2.75, 3.05) is 12.0 Å². The van der Waals surface area contributed by atoms with Gasteiger partial charge >= 0.3 is 6.36 Å². The fraction of sp³-hybridized carbons (Fsp3) is 0.160. The lowest BCUT2D eigenvalue weighted by Gasteiger charge is -2.25. The summed E-state index contributed by atoms with van der Waals surface area (Å²) < 4.78 is 46.7. The standard InChI is InChI=1S/C25H19F3N2O5/c1-14-13-18(34-2)7-8-19(14)22(31)20-21(15-9-11-29-12-10-15)30(24(33)23(20)32)16-3-5-17(6-4-16)35-25(26,27)28/h3-13,21,31H,1-2H3/b22-20-. The zero-order valence-corrected chi connectivity index (χ0v) is 18.5. The predicted molar refractivity (Wildman–Crippen MR) is 120 cm³/mol. The van der Waals surface area contributed by atoms with Crippen LogP contribution in [-0.4, -0.2) is 35.3 Å². The highest BCUT2D eigenvalue weighted by Gasteiger charge is 2.47. The fourth-order valence-electron chi connectivity index (χ4n) is 3.94. The number of benzene rings is 2. The molecule has 0 bridgehead atoms. The molecule has 2 aromatic carbocycles. The van der Waals surface area contributed by atoms with Gasteiger partial charge in [-0.05, 0) is 72.6 Å². The van der Waals surface area contributed by atoms with E-state index in [1.165, 1.54) is 31.6 Å². The highest BCUT2D eigenvalue weighted by molar-refractivity contribution is 6.51. The molecule has 0 aliphatic carbocycles. The topological polar surface area (TPSA) is 89.0 Å². The number of hydrogen-bond donors (Lipinski definition) is 1. The summed E-state index contributed by atoms with van der Waals surface area (Å²) in [6.45, 7) is 1.72. The number of anilines is 1. The van der Waals surface area contributed by atoms with E-state index in [-0.39, 0.29) is 17.0 Å². The Morgan fingerprint density at radius 1 is 1.00 bits per heavy atom. The number of alkyl halides is 3. The van der Waals surface area contributed by atoms with Crippen molar-refractivity contribution in [1.82, 2.24) is 4.98 Å². The van der Waals surface area contributed by atoms with Gasteiger partial charge in [-0.15, -0.1) is 13.2 Å². The van der Waals surface area contributed by atoms with Crippen molar-refractivity contribution in [3.05, 3.63) is 89.3 Å². The SMILES string of the molecule is COc1ccc(/C(O)=C2/C(=O)C(=O)N(c3ccc(OC(F)(F)F)cc3)C2c2ccncc2)c(C)c1. The number of ketones is 1. The second kappa shape index (κ2) is 9.13. The zero-order chi connectivity index (χ0) is 25.3. The number of carbonyl (C=O) groups excluding carboxylic acids is 2. The molecule has 1 saturated heterocycles. The molecule has 180 valence electrons. The number of hydrogen-bond acceptors (Lipinski definition) is 6. The Morgan fingerprint density at radius 2 is 1.63 bits per heavy atom. The molecule has 0 saturated carbocycles. The molecule has 1 atom stereocenters. The van der Waals surface area contributed by atoms with Gasteiger partial charge in [0.2, 0.25) is 0 Å². The summed E-state index contributed by atoms with van der Waals surface area (Å²) in [5.74, 6) is -2.19. The molecular formula is C25H19F3N2O5. The van der Waals surface area contributed by atoms with E-state index in [9.17, 15) is 27.9 Å². The normalized spacial score (nSPS) is 17.5. The van der Waals surface area contributed by atoms with E-state index >= 15 is 0 Å². The van der Waals surface area contributed by atoms with Gasteiger partial charge in [-0.3, -0.25) is 19.5 Å². The molecule has 1 aromatic heterocycles. The van der Waals surface area contributed by atoms with Crippen LogP contribution in [0.3, 0.4) is 0 Å². The average molecular weight is 484 g/mol. The highest BCUT2D eigenvalue weighted by atomic mass is 19.4. The van der Waals surface area contributed by atoms with Gasteiger partial charge in [0.05, 0.1) is 18.7 Å². The Bertz CT molecular complexity index is 1300. The van der Waals surface area contributed by atoms with E-state index in [4.69, 9.17) is 4.74 Å². The molecule has 1 fully saturated rings. The summed E-state index contributed by atoms with van der Waals surface area (Å²) in [6, 6.07) is 11.5. The molecular weight excluding hydrogens is 465 g/mol. The molecule has 10 heteroatoms. The van der Waals surface area contributed by atoms with Crippen LogP contribution in [0.5, 0.6) is 11.5 Å². The van der Waals surface area contributed by atoms with Crippen LogP contribution in [0.4, 0.5) is 18.9 Å². The Labute approximate surface area is 198 Å². The first kappa shape index (κ1) is 23.8. The van der Waals surface area contributed by atoms with E-state index in [0.29, 0.717) is 22.4 Å². The minimum atomic E-state index is -4.88. The van der Waals surface area contributed by atoms with Gasteiger partial charge in [0.1, 0.15) is 17.3 Å². The molecule has 1 N–H and O–H groups in total. The van der Waals surface area contributed by atoms with Crippen molar-refractivity contribution >= 4 is 23.1 Å². The number of nitrogens with zero attached hydrogens (tertiary/aromatic N) is 2. The number of aliphatic hydroxyl groups excluding tert-OH is 1. The number of aryl methyl sites for hydroxylation is 1. The predicted octanol–water partition coefficient (Wildman–Crippen LogP) is 4.92. The van der Waals surface area contributed by atoms with Crippen molar-refractivity contribution in [1.29, 1.82) is 0 Å². The Kier molecular flexibility index (Phi) is 6.21. The highest BCUT2D eigenvalue weighted by Crippen LogP contribution is 2.43. The van der Waals surface area contributed by atoms with Crippen LogP contribution in [0.25, 0.3) is 5.76 Å². The molecule has 3 aromatic rings. The first-order chi connectivity index (χ1) is 16.6. The quantitative estimate of drug-likeness (QED) is 0.314. The van der Waals surface area contributed by atoms with Gasteiger partial charge in [0.25, 0.3) is 11.7 Å². The number of methoxy groups -OCH3 is 1. The summed E-state index contributed by atoms with van der Waals surface area (Å²) in [7, 11) is 1.49. The summed E-state index contributed by atoms with van der Waals surface area (Å²) >= 11 is 0. The Hall–Kier alpha value is -4.34. The second-order valence-corrected chi connectivity index (χ2v) is 7.67. The molecule has 1 aliphatic rings. The van der Waals surface area contributed by atoms with Crippen molar-refractivity contribution in [3.63, 3.8) is 0 Å². The van der Waals surface area contributed by atoms with Crippen LogP contribution < -0.4 is 14.4 Å². The smallest absolute Gasteiger partial charge is 0.507 e. The average Bonchev–Trinajstić information content (AvgIpc) is 3.09. The third-order valence-electron chi connectivity index (χ3n) is 5.50. The minimum Gasteiger partial charge on any atom is -0.507 e. The Morgan fingerprint density at radius 3 is 2.20 bits per heavy atom. The van der Waals surface area contributed by atoms with Crippen molar-refractivity contribution in [2.24, 2.45) is 0 Å². The maximum Gasteiger partial charge on any atom is 0.573 e. The monoisotopic (exact) mass is 484 g/mol. The summed E-state index contributed by atoms with van der Waals surface area (Å²) in [5.41, 5.74) is 1.40. The van der Waals surface area contributed by atoms with Crippen LogP contribution in [0.2, 0.25) is 0 Å². The van der Waals surface area contributed by atoms with Crippen LogP contribution in [0.1, 0.15) is 22.7 Å². The first-order valence-corrected chi connectivity index (χ1v) is 10.3.